The van der Waals surface area contributed by atoms with E-state index in [0.29, 0.717) is 0 Å². The molecule has 36 valence electrons. The SMILES string of the molecule is O=S(=O)(O)[SeH].[Cd].[Zn]. The van der Waals surface area contributed by atoms with Gasteiger partial charge in [-0.15, -0.1) is 0 Å². The predicted octanol–water partition coefficient (Wildman–Crippen LogP) is -1.31. The molecule has 0 amide bonds. The van der Waals surface area contributed by atoms with Gasteiger partial charge in [0.05, 0.1) is 0 Å². The van der Waals surface area contributed by atoms with Crippen LogP contribution in [0.15, 0.2) is 0 Å². The summed E-state index contributed by atoms with van der Waals surface area (Å²) in [5.74, 6) is 0. The van der Waals surface area contributed by atoms with Crippen LogP contribution >= 0.6 is 0 Å². The molecular formula is H2CdO3SSeZn. The molecule has 7 heavy (non-hydrogen) atoms. The maximum atomic E-state index is 9.16. The van der Waals surface area contributed by atoms with E-state index in [0.717, 1.165) is 14.9 Å². The van der Waals surface area contributed by atoms with Gasteiger partial charge in [-0.2, -0.15) is 0 Å². The second kappa shape index (κ2) is 6.10. The van der Waals surface area contributed by atoms with E-state index in [9.17, 15) is 0 Å². The molecule has 0 aliphatic heterocycles. The quantitative estimate of drug-likeness (QED) is 0.440. The van der Waals surface area contributed by atoms with Crippen LogP contribution in [0, 0.1) is 0 Å². The largest absolute Gasteiger partial charge is 0 e. The smallest absolute Gasteiger partial charge is 0 e. The maximum Gasteiger partial charge on any atom is 0 e. The molecule has 0 atom stereocenters. The Hall–Kier alpha value is 1.97. The fourth-order valence-electron chi connectivity index (χ4n) is 0. The van der Waals surface area contributed by atoms with Crippen molar-refractivity contribution in [3.8, 4) is 0 Å². The van der Waals surface area contributed by atoms with Gasteiger partial charge in [0.1, 0.15) is 0 Å². The maximum absolute atomic E-state index is 9.16. The molecule has 0 saturated carbocycles. The molecule has 0 aliphatic carbocycles. The van der Waals surface area contributed by atoms with E-state index in [4.69, 9.17) is 13.0 Å². The van der Waals surface area contributed by atoms with E-state index < -0.39 is 8.54 Å². The minimum Gasteiger partial charge on any atom is 0 e. The molecule has 7 heteroatoms. The second-order valence-corrected chi connectivity index (χ2v) is 4.25. The molecule has 1 N–H and O–H groups in total. The van der Waals surface area contributed by atoms with Crippen LogP contribution in [-0.2, 0) is 55.3 Å². The van der Waals surface area contributed by atoms with Crippen LogP contribution in [0.2, 0.25) is 0 Å². The van der Waals surface area contributed by atoms with E-state index in [-0.39, 0.29) is 46.8 Å². The van der Waals surface area contributed by atoms with Gasteiger partial charge in [0, 0.05) is 46.8 Å². The summed E-state index contributed by atoms with van der Waals surface area (Å²) < 4.78 is 25.8. The summed E-state index contributed by atoms with van der Waals surface area (Å²) in [6.45, 7) is 0. The second-order valence-electron chi connectivity index (χ2n) is 0.448. The summed E-state index contributed by atoms with van der Waals surface area (Å²) in [4.78, 5) is 0. The minimum absolute atomic E-state index is 0. The van der Waals surface area contributed by atoms with E-state index >= 15 is 0 Å². The molecule has 0 aromatic rings. The summed E-state index contributed by atoms with van der Waals surface area (Å²) in [5.41, 5.74) is 0. The van der Waals surface area contributed by atoms with Crippen molar-refractivity contribution in [1.29, 1.82) is 0 Å². The first kappa shape index (κ1) is 16.0. The molecule has 0 fully saturated rings. The molecule has 0 aromatic heterocycles. The van der Waals surface area contributed by atoms with E-state index in [1.54, 1.807) is 0 Å². The van der Waals surface area contributed by atoms with Crippen molar-refractivity contribution in [3.05, 3.63) is 0 Å². The van der Waals surface area contributed by atoms with Crippen LogP contribution in [0.4, 0.5) is 0 Å². The summed E-state index contributed by atoms with van der Waals surface area (Å²) in [6, 6.07) is 0. The summed E-state index contributed by atoms with van der Waals surface area (Å²) in [5, 5.41) is 0. The fraction of sp³-hybridized carbons (Fsp3) is 0. The van der Waals surface area contributed by atoms with Crippen LogP contribution in [0.5, 0.6) is 0 Å². The van der Waals surface area contributed by atoms with Crippen LogP contribution in [-0.4, -0.2) is 27.9 Å². The van der Waals surface area contributed by atoms with Crippen LogP contribution in [0.25, 0.3) is 0 Å². The Bertz CT molecular complexity index is 98.1. The minimum atomic E-state index is -3.73. The third-order valence-corrected chi connectivity index (χ3v) is 0. The predicted molar refractivity (Wildman–Crippen MR) is 18.7 cm³/mol. The Kier molecular flexibility index (Phi) is 13.9. The molecule has 0 heterocycles. The topological polar surface area (TPSA) is 54.4 Å². The van der Waals surface area contributed by atoms with Gasteiger partial charge < -0.3 is 0 Å². The molecule has 0 saturated heterocycles. The zero-order valence-electron chi connectivity index (χ0n) is 3.53. The molecule has 0 aliphatic rings. The van der Waals surface area contributed by atoms with Crippen LogP contribution in [0.1, 0.15) is 0 Å². The Morgan fingerprint density at radius 2 is 1.43 bits per heavy atom. The van der Waals surface area contributed by atoms with Gasteiger partial charge in [0.2, 0.25) is 0 Å². The van der Waals surface area contributed by atoms with Crippen molar-refractivity contribution < 1.29 is 59.7 Å². The molecular weight excluding hydrogens is 337 g/mol. The molecule has 0 spiro atoms. The molecule has 0 radical (unpaired) electrons. The number of hydrogen-bond donors (Lipinski definition) is 1. The molecule has 0 unspecified atom stereocenters. The Labute approximate surface area is 82.2 Å². The Balaban J connectivity index is -0.0000000800. The van der Waals surface area contributed by atoms with Crippen molar-refractivity contribution in [2.45, 2.75) is 0 Å². The van der Waals surface area contributed by atoms with Crippen molar-refractivity contribution >= 4 is 23.4 Å². The van der Waals surface area contributed by atoms with Crippen molar-refractivity contribution in [1.82, 2.24) is 0 Å². The third kappa shape index (κ3) is 73.0. The van der Waals surface area contributed by atoms with E-state index in [1.807, 2.05) is 0 Å². The van der Waals surface area contributed by atoms with Crippen molar-refractivity contribution in [3.63, 3.8) is 0 Å². The average Bonchev–Trinajstić information content (AvgIpc) is 0.722. The van der Waals surface area contributed by atoms with Crippen molar-refractivity contribution in [2.75, 3.05) is 0 Å². The molecule has 0 aromatic carbocycles. The molecule has 0 bridgehead atoms. The standard InChI is InChI=1S/Cd.H2O3SSe.Zn/c;1-4(2,3)5;/h;(H2,1,2,3,5);. The first-order valence-electron chi connectivity index (χ1n) is 0.698. The summed E-state index contributed by atoms with van der Waals surface area (Å²) in [6.07, 6.45) is 0. The monoisotopic (exact) mass is 340 g/mol. The van der Waals surface area contributed by atoms with Gasteiger partial charge >= 0.3 is 36.4 Å². The third-order valence-electron chi connectivity index (χ3n) is 0. The van der Waals surface area contributed by atoms with Gasteiger partial charge in [-0.05, 0) is 0 Å². The summed E-state index contributed by atoms with van der Waals surface area (Å²) >= 11 is 1.11. The number of hydrogen-bond acceptors (Lipinski definition) is 2. The molecule has 3 nitrogen and oxygen atoms in total. The van der Waals surface area contributed by atoms with Crippen LogP contribution in [0.3, 0.4) is 0 Å². The first-order chi connectivity index (χ1) is 2.00. The van der Waals surface area contributed by atoms with Gasteiger partial charge in [-0.1, -0.05) is 0 Å². The number of rotatable bonds is 0. The normalized spacial score (nSPS) is 8.29. The van der Waals surface area contributed by atoms with Gasteiger partial charge in [-0.3, -0.25) is 0 Å². The Morgan fingerprint density at radius 3 is 1.43 bits per heavy atom. The van der Waals surface area contributed by atoms with Gasteiger partial charge in [-0.25, -0.2) is 0 Å². The van der Waals surface area contributed by atoms with Crippen molar-refractivity contribution in [2.24, 2.45) is 0 Å². The zero-order valence-corrected chi connectivity index (χ0v) is 13.2. The molecule has 0 rings (SSSR count). The van der Waals surface area contributed by atoms with E-state index in [2.05, 4.69) is 0 Å². The first-order valence-corrected chi connectivity index (χ1v) is 4.39. The Morgan fingerprint density at radius 1 is 1.43 bits per heavy atom. The van der Waals surface area contributed by atoms with Gasteiger partial charge in [0.25, 0.3) is 0 Å². The van der Waals surface area contributed by atoms with E-state index in [1.165, 1.54) is 0 Å². The van der Waals surface area contributed by atoms with Gasteiger partial charge in [0.15, 0.2) is 0 Å². The summed E-state index contributed by atoms with van der Waals surface area (Å²) in [7, 11) is -3.73. The zero-order chi connectivity index (χ0) is 4.50. The fourth-order valence-corrected chi connectivity index (χ4v) is 0. The average molecular weight is 339 g/mol. The van der Waals surface area contributed by atoms with Crippen LogP contribution < -0.4 is 0 Å².